The first-order chi connectivity index (χ1) is 14.5. The van der Waals surface area contributed by atoms with Gasteiger partial charge in [-0.2, -0.15) is 0 Å². The summed E-state index contributed by atoms with van der Waals surface area (Å²) < 4.78 is 5.56. The van der Waals surface area contributed by atoms with E-state index in [4.69, 9.17) is 4.74 Å². The summed E-state index contributed by atoms with van der Waals surface area (Å²) in [5.41, 5.74) is 4.55. The van der Waals surface area contributed by atoms with Crippen LogP contribution in [0.4, 0.5) is 4.79 Å². The van der Waals surface area contributed by atoms with Crippen molar-refractivity contribution in [3.05, 3.63) is 53.6 Å². The number of hydrogen-bond acceptors (Lipinski definition) is 4. The number of nitrogens with one attached hydrogen (secondary N) is 1. The number of rotatable bonds is 7. The lowest BCUT2D eigenvalue weighted by Gasteiger charge is -2.13. The summed E-state index contributed by atoms with van der Waals surface area (Å²) in [6.07, 6.45) is 1.68. The van der Waals surface area contributed by atoms with Gasteiger partial charge in [-0.15, -0.1) is 0 Å². The summed E-state index contributed by atoms with van der Waals surface area (Å²) in [6.45, 7) is 1.58. The summed E-state index contributed by atoms with van der Waals surface area (Å²) in [4.78, 5) is 38.2. The van der Waals surface area contributed by atoms with Crippen LogP contribution in [0.3, 0.4) is 0 Å². The molecule has 0 saturated carbocycles. The first kappa shape index (κ1) is 19.9. The highest BCUT2D eigenvalue weighted by Gasteiger charge is 2.32. The third-order valence-electron chi connectivity index (χ3n) is 5.48. The Balaban J connectivity index is 1.23. The Bertz CT molecular complexity index is 971. The number of hydrogen-bond donors (Lipinski definition) is 1. The minimum atomic E-state index is -0.295. The van der Waals surface area contributed by atoms with Gasteiger partial charge in [0.25, 0.3) is 0 Å². The second-order valence-electron chi connectivity index (χ2n) is 7.68. The van der Waals surface area contributed by atoms with Crippen LogP contribution in [-0.4, -0.2) is 54.4 Å². The Morgan fingerprint density at radius 2 is 1.87 bits per heavy atom. The van der Waals surface area contributed by atoms with Crippen molar-refractivity contribution in [2.24, 2.45) is 0 Å². The number of carbonyl (C=O) groups is 3. The zero-order chi connectivity index (χ0) is 21.1. The van der Waals surface area contributed by atoms with Gasteiger partial charge >= 0.3 is 6.03 Å². The van der Waals surface area contributed by atoms with E-state index in [0.717, 1.165) is 35.5 Å². The molecule has 2 heterocycles. The van der Waals surface area contributed by atoms with Crippen molar-refractivity contribution >= 4 is 17.8 Å². The molecule has 7 nitrogen and oxygen atoms in total. The Kier molecular flexibility index (Phi) is 5.70. The van der Waals surface area contributed by atoms with E-state index in [1.807, 2.05) is 18.2 Å². The quantitative estimate of drug-likeness (QED) is 0.716. The van der Waals surface area contributed by atoms with E-state index in [-0.39, 0.29) is 37.4 Å². The van der Waals surface area contributed by atoms with Crippen molar-refractivity contribution in [3.8, 4) is 16.9 Å². The van der Waals surface area contributed by atoms with Gasteiger partial charge in [-0.3, -0.25) is 14.5 Å². The van der Waals surface area contributed by atoms with Crippen LogP contribution in [0.1, 0.15) is 24.0 Å². The predicted molar refractivity (Wildman–Crippen MR) is 112 cm³/mol. The van der Waals surface area contributed by atoms with E-state index in [1.54, 1.807) is 7.05 Å². The molecule has 30 heavy (non-hydrogen) atoms. The van der Waals surface area contributed by atoms with E-state index in [1.165, 1.54) is 15.4 Å². The van der Waals surface area contributed by atoms with Crippen LogP contribution >= 0.6 is 0 Å². The number of carbonyl (C=O) groups excluding carboxylic acids is 3. The summed E-state index contributed by atoms with van der Waals surface area (Å²) in [5.74, 6) is 0.674. The molecule has 2 aromatic carbocycles. The SMILES string of the molecule is CN1CC(=O)N(CCCC(=O)NCc2ccc(-c3ccc4c(c3)CCO4)cc2)C1=O. The molecule has 4 amide bonds. The Labute approximate surface area is 175 Å². The molecule has 156 valence electrons. The fourth-order valence-electron chi connectivity index (χ4n) is 3.76. The van der Waals surface area contributed by atoms with Crippen LogP contribution in [0.2, 0.25) is 0 Å². The lowest BCUT2D eigenvalue weighted by atomic mass is 10.0. The number of likely N-dealkylation sites (N-methyl/N-ethyl adjacent to an activating group) is 1. The maximum absolute atomic E-state index is 12.1. The largest absolute Gasteiger partial charge is 0.493 e. The number of nitrogens with zero attached hydrogens (tertiary/aromatic N) is 2. The van der Waals surface area contributed by atoms with Gasteiger partial charge < -0.3 is 15.0 Å². The van der Waals surface area contributed by atoms with Crippen molar-refractivity contribution < 1.29 is 19.1 Å². The van der Waals surface area contributed by atoms with E-state index < -0.39 is 0 Å². The Morgan fingerprint density at radius 1 is 1.10 bits per heavy atom. The van der Waals surface area contributed by atoms with Crippen LogP contribution in [0.25, 0.3) is 11.1 Å². The fourth-order valence-corrected chi connectivity index (χ4v) is 3.76. The third kappa shape index (κ3) is 4.30. The molecule has 2 aliphatic heterocycles. The summed E-state index contributed by atoms with van der Waals surface area (Å²) in [5, 5.41) is 2.89. The van der Waals surface area contributed by atoms with Gasteiger partial charge in [0.1, 0.15) is 12.3 Å². The predicted octanol–water partition coefficient (Wildman–Crippen LogP) is 2.58. The van der Waals surface area contributed by atoms with Gasteiger partial charge in [-0.25, -0.2) is 4.79 Å². The van der Waals surface area contributed by atoms with E-state index in [2.05, 4.69) is 29.6 Å². The Morgan fingerprint density at radius 3 is 2.60 bits per heavy atom. The molecule has 0 spiro atoms. The Hall–Kier alpha value is -3.35. The molecule has 0 aliphatic carbocycles. The highest BCUT2D eigenvalue weighted by Crippen LogP contribution is 2.30. The highest BCUT2D eigenvalue weighted by molar-refractivity contribution is 6.01. The van der Waals surface area contributed by atoms with Crippen LogP contribution in [-0.2, 0) is 22.6 Å². The number of imide groups is 1. The van der Waals surface area contributed by atoms with Gasteiger partial charge in [0.2, 0.25) is 11.8 Å². The number of benzene rings is 2. The molecular formula is C23H25N3O4. The van der Waals surface area contributed by atoms with Gasteiger partial charge in [0, 0.05) is 33.0 Å². The van der Waals surface area contributed by atoms with Crippen molar-refractivity contribution in [1.29, 1.82) is 0 Å². The molecule has 1 N–H and O–H groups in total. The molecule has 4 rings (SSSR count). The summed E-state index contributed by atoms with van der Waals surface area (Å²) in [7, 11) is 1.59. The van der Waals surface area contributed by atoms with Crippen LogP contribution in [0.15, 0.2) is 42.5 Å². The molecule has 7 heteroatoms. The van der Waals surface area contributed by atoms with Gasteiger partial charge in [-0.05, 0) is 40.8 Å². The zero-order valence-electron chi connectivity index (χ0n) is 17.0. The van der Waals surface area contributed by atoms with E-state index in [0.29, 0.717) is 13.0 Å². The first-order valence-electron chi connectivity index (χ1n) is 10.2. The average Bonchev–Trinajstić information content (AvgIpc) is 3.31. The normalized spacial score (nSPS) is 15.4. The number of urea groups is 1. The van der Waals surface area contributed by atoms with E-state index in [9.17, 15) is 14.4 Å². The molecule has 1 fully saturated rings. The second-order valence-corrected chi connectivity index (χ2v) is 7.68. The molecule has 1 saturated heterocycles. The molecule has 0 radical (unpaired) electrons. The lowest BCUT2D eigenvalue weighted by Crippen LogP contribution is -2.33. The summed E-state index contributed by atoms with van der Waals surface area (Å²) >= 11 is 0. The zero-order valence-corrected chi connectivity index (χ0v) is 17.0. The van der Waals surface area contributed by atoms with Crippen molar-refractivity contribution in [1.82, 2.24) is 15.1 Å². The van der Waals surface area contributed by atoms with Crippen LogP contribution in [0.5, 0.6) is 5.75 Å². The molecular weight excluding hydrogens is 382 g/mol. The first-order valence-corrected chi connectivity index (χ1v) is 10.2. The molecule has 2 aromatic rings. The highest BCUT2D eigenvalue weighted by atomic mass is 16.5. The summed E-state index contributed by atoms with van der Waals surface area (Å²) in [6, 6.07) is 14.1. The standard InChI is InChI=1S/C23H25N3O4/c1-25-15-22(28)26(23(25)29)11-2-3-21(27)24-14-16-4-6-17(7-5-16)18-8-9-20-19(13-18)10-12-30-20/h4-9,13H,2-3,10-12,14-15H2,1H3,(H,24,27). The van der Waals surface area contributed by atoms with Crippen molar-refractivity contribution in [2.45, 2.75) is 25.8 Å². The maximum Gasteiger partial charge on any atom is 0.326 e. The molecule has 0 unspecified atom stereocenters. The lowest BCUT2D eigenvalue weighted by molar-refractivity contribution is -0.126. The van der Waals surface area contributed by atoms with E-state index >= 15 is 0 Å². The van der Waals surface area contributed by atoms with Gasteiger partial charge in [-0.1, -0.05) is 30.3 Å². The maximum atomic E-state index is 12.1. The van der Waals surface area contributed by atoms with Crippen molar-refractivity contribution in [2.75, 3.05) is 26.7 Å². The topological polar surface area (TPSA) is 79.0 Å². The molecule has 2 aliphatic rings. The smallest absolute Gasteiger partial charge is 0.326 e. The monoisotopic (exact) mass is 407 g/mol. The molecule has 0 bridgehead atoms. The minimum Gasteiger partial charge on any atom is -0.493 e. The average molecular weight is 407 g/mol. The van der Waals surface area contributed by atoms with Crippen LogP contribution < -0.4 is 10.1 Å². The number of amides is 4. The number of ether oxygens (including phenoxy) is 1. The number of fused-ring (bicyclic) bond motifs is 1. The second kappa shape index (κ2) is 8.57. The minimum absolute atomic E-state index is 0.0925. The van der Waals surface area contributed by atoms with Gasteiger partial charge in [0.05, 0.1) is 6.61 Å². The van der Waals surface area contributed by atoms with Crippen LogP contribution in [0, 0.1) is 0 Å². The van der Waals surface area contributed by atoms with Crippen molar-refractivity contribution in [3.63, 3.8) is 0 Å². The molecule has 0 aromatic heterocycles. The molecule has 0 atom stereocenters. The van der Waals surface area contributed by atoms with Gasteiger partial charge in [0.15, 0.2) is 0 Å². The third-order valence-corrected chi connectivity index (χ3v) is 5.48. The fraction of sp³-hybridized carbons (Fsp3) is 0.348.